The molecule has 9 heteroatoms. The first kappa shape index (κ1) is 21.7. The molecule has 170 valence electrons. The number of halogens is 5. The van der Waals surface area contributed by atoms with Crippen LogP contribution in [0.15, 0.2) is 48.7 Å². The highest BCUT2D eigenvalue weighted by Gasteiger charge is 2.59. The molecule has 0 radical (unpaired) electrons. The highest BCUT2D eigenvalue weighted by Crippen LogP contribution is 2.61. The third kappa shape index (κ3) is 4.04. The summed E-state index contributed by atoms with van der Waals surface area (Å²) in [7, 11) is 0. The Bertz CT molecular complexity index is 1280. The van der Waals surface area contributed by atoms with Gasteiger partial charge in [-0.15, -0.1) is 0 Å². The van der Waals surface area contributed by atoms with E-state index >= 15 is 0 Å². The lowest BCUT2D eigenvalue weighted by Crippen LogP contribution is -2.06. The molecule has 5 rings (SSSR count). The van der Waals surface area contributed by atoms with E-state index in [0.717, 1.165) is 29.3 Å². The van der Waals surface area contributed by atoms with Crippen LogP contribution < -0.4 is 4.74 Å². The summed E-state index contributed by atoms with van der Waals surface area (Å²) in [4.78, 5) is 15.4. The van der Waals surface area contributed by atoms with E-state index in [-0.39, 0.29) is 46.4 Å². The zero-order valence-electron chi connectivity index (χ0n) is 16.9. The number of carbonyl (C=O) groups is 1. The Morgan fingerprint density at radius 3 is 2.67 bits per heavy atom. The molecule has 0 amide bonds. The van der Waals surface area contributed by atoms with Crippen LogP contribution in [-0.4, -0.2) is 16.1 Å². The number of rotatable bonds is 5. The van der Waals surface area contributed by atoms with Gasteiger partial charge in [-0.05, 0) is 64.9 Å². The molecule has 0 saturated heterocycles. The molecule has 0 aliphatic heterocycles. The largest absolute Gasteiger partial charge is 0.481 e. The molecule has 1 fully saturated rings. The Balaban J connectivity index is 1.35. The maximum Gasteiger partial charge on any atom is 0.416 e. The molecule has 1 heterocycles. The van der Waals surface area contributed by atoms with Crippen molar-refractivity contribution in [2.45, 2.75) is 25.1 Å². The van der Waals surface area contributed by atoms with E-state index in [2.05, 4.69) is 4.98 Å². The van der Waals surface area contributed by atoms with Crippen molar-refractivity contribution in [3.05, 3.63) is 81.8 Å². The van der Waals surface area contributed by atoms with Crippen LogP contribution in [0.25, 0.3) is 11.1 Å². The molecule has 4 nitrogen and oxygen atoms in total. The number of ether oxygens (including phenoxy) is 1. The Labute approximate surface area is 190 Å². The van der Waals surface area contributed by atoms with Crippen LogP contribution in [0, 0.1) is 17.7 Å². The van der Waals surface area contributed by atoms with Crippen molar-refractivity contribution < 1.29 is 32.2 Å². The van der Waals surface area contributed by atoms with Crippen LogP contribution in [0.4, 0.5) is 17.6 Å². The predicted octanol–water partition coefficient (Wildman–Crippen LogP) is 6.11. The standard InChI is InChI=1S/C24H16ClF4NO3/c25-16-5-12(4-15(8-16)24(27,28)29)11-1-2-19(26)14(3-11)10-33-20-7-13-6-17-21(18(13)9-30-20)22(17)23(31)32/h1-5,7-9,17,21-22H,6,10H2,(H,31,32). The molecular weight excluding hydrogens is 462 g/mol. The van der Waals surface area contributed by atoms with Gasteiger partial charge in [0, 0.05) is 28.8 Å². The maximum atomic E-state index is 14.4. The van der Waals surface area contributed by atoms with Crippen LogP contribution in [0.3, 0.4) is 0 Å². The lowest BCUT2D eigenvalue weighted by atomic mass is 10.0. The summed E-state index contributed by atoms with van der Waals surface area (Å²) in [6.07, 6.45) is -2.32. The summed E-state index contributed by atoms with van der Waals surface area (Å²) < 4.78 is 59.4. The molecule has 0 spiro atoms. The average molecular weight is 478 g/mol. The van der Waals surface area contributed by atoms with E-state index < -0.39 is 23.5 Å². The number of alkyl halides is 3. The van der Waals surface area contributed by atoms with Gasteiger partial charge in [-0.3, -0.25) is 4.79 Å². The van der Waals surface area contributed by atoms with Gasteiger partial charge in [0.1, 0.15) is 12.4 Å². The fraction of sp³-hybridized carbons (Fsp3) is 0.250. The third-order valence-corrected chi connectivity index (χ3v) is 6.47. The lowest BCUT2D eigenvalue weighted by molar-refractivity contribution is -0.139. The Morgan fingerprint density at radius 1 is 1.15 bits per heavy atom. The second kappa shape index (κ2) is 7.73. The van der Waals surface area contributed by atoms with E-state index in [1.165, 1.54) is 18.2 Å². The Kier molecular flexibility index (Phi) is 5.08. The molecule has 1 N–H and O–H groups in total. The van der Waals surface area contributed by atoms with Gasteiger partial charge >= 0.3 is 12.1 Å². The van der Waals surface area contributed by atoms with Gasteiger partial charge in [0.15, 0.2) is 0 Å². The van der Waals surface area contributed by atoms with Gasteiger partial charge in [0.25, 0.3) is 0 Å². The first-order chi connectivity index (χ1) is 15.6. The fourth-order valence-corrected chi connectivity index (χ4v) is 4.86. The van der Waals surface area contributed by atoms with E-state index in [9.17, 15) is 27.5 Å². The first-order valence-corrected chi connectivity index (χ1v) is 10.5. The van der Waals surface area contributed by atoms with Gasteiger partial charge in [0.2, 0.25) is 5.88 Å². The number of fused-ring (bicyclic) bond motifs is 3. The monoisotopic (exact) mass is 477 g/mol. The van der Waals surface area contributed by atoms with Crippen LogP contribution >= 0.6 is 11.6 Å². The molecule has 2 aliphatic carbocycles. The molecule has 2 aromatic carbocycles. The van der Waals surface area contributed by atoms with Crippen molar-refractivity contribution in [1.82, 2.24) is 4.98 Å². The van der Waals surface area contributed by atoms with Crippen molar-refractivity contribution in [2.24, 2.45) is 11.8 Å². The summed E-state index contributed by atoms with van der Waals surface area (Å²) in [6.45, 7) is -0.178. The first-order valence-electron chi connectivity index (χ1n) is 10.1. The van der Waals surface area contributed by atoms with Crippen LogP contribution in [0.5, 0.6) is 5.88 Å². The SMILES string of the molecule is O=C(O)C1C2Cc3cc(OCc4cc(-c5cc(Cl)cc(C(F)(F)F)c5)ccc4F)ncc3C21. The quantitative estimate of drug-likeness (QED) is 0.450. The van der Waals surface area contributed by atoms with E-state index in [4.69, 9.17) is 16.3 Å². The Morgan fingerprint density at radius 2 is 1.94 bits per heavy atom. The lowest BCUT2D eigenvalue weighted by Gasteiger charge is -2.13. The van der Waals surface area contributed by atoms with Crippen LogP contribution in [-0.2, 0) is 24.0 Å². The molecule has 33 heavy (non-hydrogen) atoms. The van der Waals surface area contributed by atoms with Crippen LogP contribution in [0.1, 0.15) is 28.2 Å². The summed E-state index contributed by atoms with van der Waals surface area (Å²) in [6, 6.07) is 8.87. The molecule has 0 bridgehead atoms. The number of carboxylic acid groups (broad SMARTS) is 1. The second-order valence-electron chi connectivity index (χ2n) is 8.30. The topological polar surface area (TPSA) is 59.4 Å². The number of carboxylic acids is 1. The number of hydrogen-bond donors (Lipinski definition) is 1. The molecule has 2 aliphatic rings. The molecular formula is C24H16ClF4NO3. The zero-order valence-corrected chi connectivity index (χ0v) is 17.6. The third-order valence-electron chi connectivity index (χ3n) is 6.25. The number of hydrogen-bond acceptors (Lipinski definition) is 3. The number of benzene rings is 2. The van der Waals surface area contributed by atoms with Gasteiger partial charge in [-0.1, -0.05) is 17.7 Å². The minimum absolute atomic E-state index is 0.00698. The minimum atomic E-state index is -4.56. The van der Waals surface area contributed by atoms with E-state index in [0.29, 0.717) is 12.0 Å². The van der Waals surface area contributed by atoms with Crippen molar-refractivity contribution in [3.63, 3.8) is 0 Å². The highest BCUT2D eigenvalue weighted by atomic mass is 35.5. The number of aliphatic carboxylic acids is 1. The van der Waals surface area contributed by atoms with E-state index in [1.54, 1.807) is 12.3 Å². The van der Waals surface area contributed by atoms with Crippen molar-refractivity contribution >= 4 is 17.6 Å². The summed E-state index contributed by atoms with van der Waals surface area (Å²) in [5.74, 6) is -1.37. The molecule has 3 atom stereocenters. The molecule has 3 aromatic rings. The van der Waals surface area contributed by atoms with Crippen molar-refractivity contribution in [3.8, 4) is 17.0 Å². The van der Waals surface area contributed by atoms with Gasteiger partial charge in [-0.25, -0.2) is 9.37 Å². The summed E-state index contributed by atoms with van der Waals surface area (Å²) in [5.41, 5.74) is 1.72. The molecule has 3 unspecified atom stereocenters. The van der Waals surface area contributed by atoms with Gasteiger partial charge < -0.3 is 9.84 Å². The number of nitrogens with zero attached hydrogens (tertiary/aromatic N) is 1. The normalized spacial score (nSPS) is 20.8. The van der Waals surface area contributed by atoms with Crippen LogP contribution in [0.2, 0.25) is 5.02 Å². The van der Waals surface area contributed by atoms with Crippen molar-refractivity contribution in [1.29, 1.82) is 0 Å². The maximum absolute atomic E-state index is 14.4. The minimum Gasteiger partial charge on any atom is -0.481 e. The van der Waals surface area contributed by atoms with E-state index in [1.807, 2.05) is 0 Å². The average Bonchev–Trinajstić information content (AvgIpc) is 3.35. The number of pyridine rings is 1. The predicted molar refractivity (Wildman–Crippen MR) is 111 cm³/mol. The zero-order chi connectivity index (χ0) is 23.5. The van der Waals surface area contributed by atoms with Gasteiger partial charge in [-0.2, -0.15) is 13.2 Å². The Hall–Kier alpha value is -3.13. The molecule has 1 aromatic heterocycles. The highest BCUT2D eigenvalue weighted by molar-refractivity contribution is 6.31. The van der Waals surface area contributed by atoms with Gasteiger partial charge in [0.05, 0.1) is 11.5 Å². The second-order valence-corrected chi connectivity index (χ2v) is 8.74. The molecule has 1 saturated carbocycles. The fourth-order valence-electron chi connectivity index (χ4n) is 4.62. The summed E-state index contributed by atoms with van der Waals surface area (Å²) >= 11 is 5.86. The smallest absolute Gasteiger partial charge is 0.416 e. The van der Waals surface area contributed by atoms with Crippen molar-refractivity contribution in [2.75, 3.05) is 0 Å². The summed E-state index contributed by atoms with van der Waals surface area (Å²) in [5, 5.41) is 9.13. The number of aromatic nitrogens is 1.